The van der Waals surface area contributed by atoms with Gasteiger partial charge in [0.2, 0.25) is 0 Å². The Balaban J connectivity index is 4.60. The molecule has 0 aliphatic carbocycles. The van der Waals surface area contributed by atoms with Crippen LogP contribution >= 0.6 is 0 Å². The van der Waals surface area contributed by atoms with Crippen LogP contribution in [0.3, 0.4) is 0 Å². The first-order valence-corrected chi connectivity index (χ1v) is 25.8. The van der Waals surface area contributed by atoms with E-state index < -0.39 is 12.1 Å². The van der Waals surface area contributed by atoms with Crippen LogP contribution in [0.2, 0.25) is 0 Å². The standard InChI is InChI=1S/C59H92O6/c1-4-7-10-13-16-19-22-25-27-29-30-32-34-37-40-43-46-49-52-58(61)64-55-56(54-63-57(60)51-48-45-42-39-36-33-24-21-18-15-12-9-6-3)65-59(62)53-50-47-44-41-38-35-31-28-26-23-20-17-14-11-8-5-2/h8-9,11-12,15,17-18,20-21,24,26,28,30,32-33,35-36,38-39,42,44,47,56H,4-7,10,13-14,16,19,22-23,25,27,29,31,34,37,40-41,43,45-46,48-55H2,1-3H3/b11-8+,12-9+,18-15+,20-17+,24-21+,28-26+,32-30+,36-33+,38-35+,42-39+,47-44+. The molecule has 0 rings (SSSR count). The Morgan fingerprint density at radius 3 is 1.23 bits per heavy atom. The molecule has 0 spiro atoms. The van der Waals surface area contributed by atoms with Gasteiger partial charge in [0.25, 0.3) is 0 Å². The van der Waals surface area contributed by atoms with Crippen LogP contribution in [-0.4, -0.2) is 37.2 Å². The zero-order valence-electron chi connectivity index (χ0n) is 41.4. The highest BCUT2D eigenvalue weighted by Crippen LogP contribution is 2.13. The van der Waals surface area contributed by atoms with Crippen LogP contribution in [0.1, 0.15) is 201 Å². The smallest absolute Gasteiger partial charge is 0.306 e. The Morgan fingerprint density at radius 1 is 0.338 bits per heavy atom. The molecule has 0 aliphatic rings. The van der Waals surface area contributed by atoms with E-state index in [-0.39, 0.29) is 38.0 Å². The van der Waals surface area contributed by atoms with Gasteiger partial charge in [-0.3, -0.25) is 14.4 Å². The maximum absolute atomic E-state index is 12.8. The molecule has 0 heterocycles. The summed E-state index contributed by atoms with van der Waals surface area (Å²) in [4.78, 5) is 37.9. The third kappa shape index (κ3) is 50.4. The first kappa shape index (κ1) is 60.5. The van der Waals surface area contributed by atoms with E-state index in [1.807, 2.05) is 66.8 Å². The summed E-state index contributed by atoms with van der Waals surface area (Å²) in [5.74, 6) is -1.12. The Bertz CT molecular complexity index is 1450. The third-order valence-corrected chi connectivity index (χ3v) is 10.3. The quantitative estimate of drug-likeness (QED) is 0.0199. The molecule has 0 saturated carbocycles. The van der Waals surface area contributed by atoms with E-state index in [2.05, 4.69) is 87.6 Å². The maximum atomic E-state index is 12.8. The van der Waals surface area contributed by atoms with E-state index in [4.69, 9.17) is 14.2 Å². The van der Waals surface area contributed by atoms with Crippen LogP contribution in [-0.2, 0) is 28.6 Å². The molecular formula is C59H92O6. The number of carbonyl (C=O) groups is 3. The molecule has 1 unspecified atom stereocenters. The van der Waals surface area contributed by atoms with E-state index >= 15 is 0 Å². The fraction of sp³-hybridized carbons (Fsp3) is 0.576. The second kappa shape index (κ2) is 52.2. The lowest BCUT2D eigenvalue weighted by Crippen LogP contribution is -2.30. The van der Waals surface area contributed by atoms with Crippen molar-refractivity contribution >= 4 is 17.9 Å². The van der Waals surface area contributed by atoms with Crippen molar-refractivity contribution in [3.05, 3.63) is 134 Å². The molecule has 0 aromatic heterocycles. The molecule has 0 aromatic carbocycles. The van der Waals surface area contributed by atoms with Crippen LogP contribution < -0.4 is 0 Å². The highest BCUT2D eigenvalue weighted by Gasteiger charge is 2.19. The summed E-state index contributed by atoms with van der Waals surface area (Å²) in [6, 6.07) is 0. The lowest BCUT2D eigenvalue weighted by Gasteiger charge is -2.18. The van der Waals surface area contributed by atoms with Gasteiger partial charge in [-0.15, -0.1) is 0 Å². The highest BCUT2D eigenvalue weighted by molar-refractivity contribution is 5.71. The minimum absolute atomic E-state index is 0.139. The fourth-order valence-corrected chi connectivity index (χ4v) is 6.46. The Kier molecular flexibility index (Phi) is 48.6. The molecule has 6 heteroatoms. The summed E-state index contributed by atoms with van der Waals surface area (Å²) < 4.78 is 16.6. The lowest BCUT2D eigenvalue weighted by atomic mass is 10.1. The predicted octanol–water partition coefficient (Wildman–Crippen LogP) is 17.1. The molecule has 0 radical (unpaired) electrons. The molecule has 0 N–H and O–H groups in total. The van der Waals surface area contributed by atoms with Crippen LogP contribution in [0.4, 0.5) is 0 Å². The largest absolute Gasteiger partial charge is 0.462 e. The van der Waals surface area contributed by atoms with Crippen LogP contribution in [0.15, 0.2) is 134 Å². The number of unbranched alkanes of at least 4 members (excludes halogenated alkanes) is 15. The molecule has 0 fully saturated rings. The van der Waals surface area contributed by atoms with Crippen molar-refractivity contribution in [1.29, 1.82) is 0 Å². The van der Waals surface area contributed by atoms with Crippen molar-refractivity contribution < 1.29 is 28.6 Å². The van der Waals surface area contributed by atoms with Crippen molar-refractivity contribution in [2.75, 3.05) is 13.2 Å². The van der Waals surface area contributed by atoms with Crippen molar-refractivity contribution in [2.24, 2.45) is 0 Å². The zero-order valence-corrected chi connectivity index (χ0v) is 41.4. The van der Waals surface area contributed by atoms with Crippen molar-refractivity contribution in [3.8, 4) is 0 Å². The van der Waals surface area contributed by atoms with E-state index in [1.165, 1.54) is 70.6 Å². The van der Waals surface area contributed by atoms with Crippen LogP contribution in [0, 0.1) is 0 Å². The van der Waals surface area contributed by atoms with Crippen molar-refractivity contribution in [2.45, 2.75) is 207 Å². The number of hydrogen-bond donors (Lipinski definition) is 0. The summed E-state index contributed by atoms with van der Waals surface area (Å²) in [5, 5.41) is 0. The minimum atomic E-state index is -0.854. The Labute approximate surface area is 398 Å². The number of allylic oxidation sites excluding steroid dienone is 22. The van der Waals surface area contributed by atoms with Gasteiger partial charge in [0.1, 0.15) is 13.2 Å². The van der Waals surface area contributed by atoms with Gasteiger partial charge in [0, 0.05) is 19.3 Å². The van der Waals surface area contributed by atoms with Gasteiger partial charge in [0.15, 0.2) is 6.10 Å². The zero-order chi connectivity index (χ0) is 47.2. The van der Waals surface area contributed by atoms with Crippen molar-refractivity contribution in [1.82, 2.24) is 0 Å². The summed E-state index contributed by atoms with van der Waals surface area (Å²) in [7, 11) is 0. The second-order valence-electron chi connectivity index (χ2n) is 16.4. The Morgan fingerprint density at radius 2 is 0.723 bits per heavy atom. The van der Waals surface area contributed by atoms with Gasteiger partial charge < -0.3 is 14.2 Å². The number of rotatable bonds is 44. The highest BCUT2D eigenvalue weighted by atomic mass is 16.6. The first-order valence-electron chi connectivity index (χ1n) is 25.8. The molecule has 0 saturated heterocycles. The molecule has 364 valence electrons. The fourth-order valence-electron chi connectivity index (χ4n) is 6.46. The first-order chi connectivity index (χ1) is 32.0. The molecule has 0 bridgehead atoms. The topological polar surface area (TPSA) is 78.9 Å². The number of carbonyl (C=O) groups excluding carboxylic acids is 3. The van der Waals surface area contributed by atoms with Gasteiger partial charge in [-0.25, -0.2) is 0 Å². The van der Waals surface area contributed by atoms with Crippen LogP contribution in [0.25, 0.3) is 0 Å². The van der Waals surface area contributed by atoms with Gasteiger partial charge >= 0.3 is 17.9 Å². The average molecular weight is 897 g/mol. The SMILES string of the molecule is CC/C=C/C=C/C=C/C=C/C=C/CCCC(=O)OCC(COC(=O)CCCCCCC/C=C/CCCCCCCCCCC)OC(=O)CC/C=C/C/C=C/C/C=C/C/C=C/C/C=C/CC. The van der Waals surface area contributed by atoms with E-state index in [9.17, 15) is 14.4 Å². The molecular weight excluding hydrogens is 805 g/mol. The normalized spacial score (nSPS) is 13.2. The van der Waals surface area contributed by atoms with E-state index in [1.54, 1.807) is 0 Å². The summed E-state index contributed by atoms with van der Waals surface area (Å²) in [6.45, 7) is 6.22. The molecule has 0 amide bonds. The van der Waals surface area contributed by atoms with Crippen molar-refractivity contribution in [3.63, 3.8) is 0 Å². The number of hydrogen-bond acceptors (Lipinski definition) is 6. The monoisotopic (exact) mass is 897 g/mol. The number of esters is 3. The van der Waals surface area contributed by atoms with Gasteiger partial charge in [0.05, 0.1) is 0 Å². The predicted molar refractivity (Wildman–Crippen MR) is 279 cm³/mol. The molecule has 6 nitrogen and oxygen atoms in total. The molecule has 0 aromatic rings. The maximum Gasteiger partial charge on any atom is 0.306 e. The van der Waals surface area contributed by atoms with E-state index in [0.717, 1.165) is 77.0 Å². The summed E-state index contributed by atoms with van der Waals surface area (Å²) in [6.07, 6.45) is 73.2. The minimum Gasteiger partial charge on any atom is -0.462 e. The van der Waals surface area contributed by atoms with Gasteiger partial charge in [-0.2, -0.15) is 0 Å². The molecule has 1 atom stereocenters. The van der Waals surface area contributed by atoms with Gasteiger partial charge in [-0.1, -0.05) is 225 Å². The third-order valence-electron chi connectivity index (χ3n) is 10.3. The van der Waals surface area contributed by atoms with E-state index in [0.29, 0.717) is 19.3 Å². The second-order valence-corrected chi connectivity index (χ2v) is 16.4. The molecule has 65 heavy (non-hydrogen) atoms. The number of ether oxygens (including phenoxy) is 3. The van der Waals surface area contributed by atoms with Gasteiger partial charge in [-0.05, 0) is 89.9 Å². The average Bonchev–Trinajstić information content (AvgIpc) is 3.30. The lowest BCUT2D eigenvalue weighted by molar-refractivity contribution is -0.166. The molecule has 0 aliphatic heterocycles. The Hall–Kier alpha value is -4.45. The van der Waals surface area contributed by atoms with Crippen LogP contribution in [0.5, 0.6) is 0 Å². The summed E-state index contributed by atoms with van der Waals surface area (Å²) in [5.41, 5.74) is 0. The summed E-state index contributed by atoms with van der Waals surface area (Å²) >= 11 is 0.